The maximum atomic E-state index is 12.4. The van der Waals surface area contributed by atoms with Crippen LogP contribution in [0, 0.1) is 5.92 Å². The Hall–Kier alpha value is -2.25. The van der Waals surface area contributed by atoms with Gasteiger partial charge in [-0.1, -0.05) is 12.1 Å². The third-order valence-electron chi connectivity index (χ3n) is 5.17. The smallest absolute Gasteiger partial charge is 0.229 e. The van der Waals surface area contributed by atoms with Gasteiger partial charge in [-0.2, -0.15) is 0 Å². The van der Waals surface area contributed by atoms with Gasteiger partial charge in [0, 0.05) is 23.5 Å². The maximum Gasteiger partial charge on any atom is 0.229 e. The number of imidazole rings is 1. The molecule has 3 aromatic rings. The van der Waals surface area contributed by atoms with Crippen molar-refractivity contribution in [3.63, 3.8) is 0 Å². The largest absolute Gasteiger partial charge is 0.324 e. The van der Waals surface area contributed by atoms with E-state index in [1.165, 1.54) is 16.9 Å². The van der Waals surface area contributed by atoms with E-state index in [9.17, 15) is 4.79 Å². The lowest BCUT2D eigenvalue weighted by Crippen LogP contribution is -2.38. The van der Waals surface area contributed by atoms with Crippen LogP contribution in [-0.4, -0.2) is 38.4 Å². The van der Waals surface area contributed by atoms with Crippen molar-refractivity contribution in [3.8, 4) is 0 Å². The number of nitrogens with zero attached hydrogens (tertiary/aromatic N) is 4. The molecular formula is C20H25N5OS. The van der Waals surface area contributed by atoms with Crippen LogP contribution >= 0.6 is 11.3 Å². The molecule has 3 heterocycles. The Kier molecular flexibility index (Phi) is 5.22. The van der Waals surface area contributed by atoms with Crippen molar-refractivity contribution < 1.29 is 4.79 Å². The number of rotatable bonds is 5. The molecule has 0 bridgehead atoms. The first-order chi connectivity index (χ1) is 13.1. The zero-order chi connectivity index (χ0) is 18.8. The number of carbonyl (C=O) groups is 1. The Morgan fingerprint density at radius 1 is 1.30 bits per heavy atom. The number of hydrogen-bond acceptors (Lipinski definition) is 5. The Bertz CT molecular complexity index is 910. The number of anilines is 1. The molecule has 1 aromatic carbocycles. The highest BCUT2D eigenvalue weighted by Crippen LogP contribution is 2.25. The van der Waals surface area contributed by atoms with Crippen molar-refractivity contribution in [1.82, 2.24) is 19.4 Å². The summed E-state index contributed by atoms with van der Waals surface area (Å²) >= 11 is 1.46. The zero-order valence-electron chi connectivity index (χ0n) is 15.8. The Morgan fingerprint density at radius 2 is 2.07 bits per heavy atom. The predicted octanol–water partition coefficient (Wildman–Crippen LogP) is 3.92. The Labute approximate surface area is 163 Å². The summed E-state index contributed by atoms with van der Waals surface area (Å²) in [7, 11) is 0. The van der Waals surface area contributed by atoms with E-state index in [0.29, 0.717) is 11.2 Å². The van der Waals surface area contributed by atoms with Crippen molar-refractivity contribution >= 4 is 33.4 Å². The van der Waals surface area contributed by atoms with Crippen molar-refractivity contribution in [2.45, 2.75) is 39.3 Å². The number of fused-ring (bicyclic) bond motifs is 1. The average molecular weight is 384 g/mol. The van der Waals surface area contributed by atoms with Crippen molar-refractivity contribution in [3.05, 3.63) is 41.7 Å². The van der Waals surface area contributed by atoms with Gasteiger partial charge in [0.2, 0.25) is 5.91 Å². The summed E-state index contributed by atoms with van der Waals surface area (Å²) < 4.78 is 2.33. The van der Waals surface area contributed by atoms with E-state index >= 15 is 0 Å². The van der Waals surface area contributed by atoms with Gasteiger partial charge in [0.15, 0.2) is 5.13 Å². The minimum atomic E-state index is 0.0639. The second kappa shape index (κ2) is 7.78. The van der Waals surface area contributed by atoms with Crippen molar-refractivity contribution in [2.75, 3.05) is 18.4 Å². The minimum absolute atomic E-state index is 0.0639. The summed E-state index contributed by atoms with van der Waals surface area (Å²) in [5.41, 5.74) is 2.25. The molecule has 0 saturated carbocycles. The summed E-state index contributed by atoms with van der Waals surface area (Å²) in [6.07, 6.45) is 3.46. The summed E-state index contributed by atoms with van der Waals surface area (Å²) in [5.74, 6) is 1.27. The first-order valence-electron chi connectivity index (χ1n) is 9.50. The van der Waals surface area contributed by atoms with Crippen LogP contribution in [0.15, 0.2) is 35.8 Å². The molecule has 1 N–H and O–H groups in total. The number of nitrogens with one attached hydrogen (secondary N) is 1. The lowest BCUT2D eigenvalue weighted by Gasteiger charge is -2.31. The molecule has 0 radical (unpaired) electrons. The molecule has 27 heavy (non-hydrogen) atoms. The summed E-state index contributed by atoms with van der Waals surface area (Å²) in [6, 6.07) is 8.69. The van der Waals surface area contributed by atoms with Gasteiger partial charge in [-0.25, -0.2) is 9.97 Å². The van der Waals surface area contributed by atoms with E-state index in [4.69, 9.17) is 4.98 Å². The quantitative estimate of drug-likeness (QED) is 0.725. The molecule has 6 nitrogen and oxygen atoms in total. The normalized spacial score (nSPS) is 16.3. The number of hydrogen-bond donors (Lipinski definition) is 1. The van der Waals surface area contributed by atoms with E-state index in [1.54, 1.807) is 6.20 Å². The number of likely N-dealkylation sites (tertiary alicyclic amines) is 1. The molecular weight excluding hydrogens is 358 g/mol. The molecule has 142 valence electrons. The first-order valence-corrected chi connectivity index (χ1v) is 10.4. The topological polar surface area (TPSA) is 63.1 Å². The molecule has 0 spiro atoms. The number of piperidine rings is 1. The fourth-order valence-electron chi connectivity index (χ4n) is 3.83. The molecule has 0 atom stereocenters. The second-order valence-electron chi connectivity index (χ2n) is 7.36. The van der Waals surface area contributed by atoms with Crippen LogP contribution in [0.1, 0.15) is 38.6 Å². The van der Waals surface area contributed by atoms with Crippen LogP contribution in [-0.2, 0) is 11.3 Å². The molecule has 2 aromatic heterocycles. The average Bonchev–Trinajstić information content (AvgIpc) is 3.29. The molecule has 1 saturated heterocycles. The summed E-state index contributed by atoms with van der Waals surface area (Å²) in [6.45, 7) is 7.06. The summed E-state index contributed by atoms with van der Waals surface area (Å²) in [4.78, 5) is 23.8. The van der Waals surface area contributed by atoms with Gasteiger partial charge in [0.25, 0.3) is 0 Å². The van der Waals surface area contributed by atoms with Crippen LogP contribution in [0.4, 0.5) is 5.13 Å². The number of para-hydroxylation sites is 2. The van der Waals surface area contributed by atoms with Gasteiger partial charge in [-0.05, 0) is 51.9 Å². The highest BCUT2D eigenvalue weighted by Gasteiger charge is 2.26. The zero-order valence-corrected chi connectivity index (χ0v) is 16.6. The van der Waals surface area contributed by atoms with Gasteiger partial charge >= 0.3 is 0 Å². The van der Waals surface area contributed by atoms with Gasteiger partial charge in [-0.3, -0.25) is 9.69 Å². The predicted molar refractivity (Wildman–Crippen MR) is 109 cm³/mol. The maximum absolute atomic E-state index is 12.4. The monoisotopic (exact) mass is 383 g/mol. The molecule has 0 unspecified atom stereocenters. The lowest BCUT2D eigenvalue weighted by atomic mass is 9.96. The van der Waals surface area contributed by atoms with Crippen molar-refractivity contribution in [1.29, 1.82) is 0 Å². The van der Waals surface area contributed by atoms with Gasteiger partial charge in [0.05, 0.1) is 17.6 Å². The van der Waals surface area contributed by atoms with E-state index in [2.05, 4.69) is 51.8 Å². The molecule has 1 aliphatic heterocycles. The first kappa shape index (κ1) is 18.1. The highest BCUT2D eigenvalue weighted by atomic mass is 32.1. The van der Waals surface area contributed by atoms with Crippen molar-refractivity contribution in [2.24, 2.45) is 5.92 Å². The Morgan fingerprint density at radius 3 is 2.78 bits per heavy atom. The molecule has 0 aliphatic carbocycles. The number of benzene rings is 1. The van der Waals surface area contributed by atoms with Gasteiger partial charge in [-0.15, -0.1) is 11.3 Å². The van der Waals surface area contributed by atoms with Gasteiger partial charge in [0.1, 0.15) is 5.82 Å². The molecule has 7 heteroatoms. The molecule has 1 fully saturated rings. The Balaban J connectivity index is 1.40. The van der Waals surface area contributed by atoms with E-state index in [1.807, 2.05) is 11.4 Å². The number of carbonyl (C=O) groups excluding carboxylic acids is 1. The third-order valence-corrected chi connectivity index (χ3v) is 5.86. The minimum Gasteiger partial charge on any atom is -0.324 e. The fourth-order valence-corrected chi connectivity index (χ4v) is 4.36. The van der Waals surface area contributed by atoms with E-state index < -0.39 is 0 Å². The highest BCUT2D eigenvalue weighted by molar-refractivity contribution is 7.13. The van der Waals surface area contributed by atoms with Crippen LogP contribution in [0.2, 0.25) is 0 Å². The molecule has 1 amide bonds. The van der Waals surface area contributed by atoms with E-state index in [-0.39, 0.29) is 11.8 Å². The van der Waals surface area contributed by atoms with Crippen LogP contribution in [0.3, 0.4) is 0 Å². The number of thiazole rings is 1. The third kappa shape index (κ3) is 3.89. The SMILES string of the molecule is CC(C)n1c(CN2CCC(C(=O)Nc3nccs3)CC2)nc2ccccc21. The molecule has 1 aliphatic rings. The number of amides is 1. The lowest BCUT2D eigenvalue weighted by molar-refractivity contribution is -0.121. The molecule has 4 rings (SSSR count). The standard InChI is InChI=1S/C20H25N5OS/c1-14(2)25-17-6-4-3-5-16(17)22-18(25)13-24-10-7-15(8-11-24)19(26)23-20-21-9-12-27-20/h3-6,9,12,14-15H,7-8,10-11,13H2,1-2H3,(H,21,23,26). The summed E-state index contributed by atoms with van der Waals surface area (Å²) in [5, 5.41) is 5.49. The second-order valence-corrected chi connectivity index (χ2v) is 8.25. The fraction of sp³-hybridized carbons (Fsp3) is 0.450. The van der Waals surface area contributed by atoms with Crippen LogP contribution in [0.5, 0.6) is 0 Å². The van der Waals surface area contributed by atoms with Crippen LogP contribution < -0.4 is 5.32 Å². The van der Waals surface area contributed by atoms with Crippen LogP contribution in [0.25, 0.3) is 11.0 Å². The van der Waals surface area contributed by atoms with E-state index in [0.717, 1.165) is 43.8 Å². The van der Waals surface area contributed by atoms with Gasteiger partial charge < -0.3 is 9.88 Å². The number of aromatic nitrogens is 3.